The van der Waals surface area contributed by atoms with Crippen molar-refractivity contribution in [3.8, 4) is 5.75 Å². The molecule has 1 atom stereocenters. The third-order valence-electron chi connectivity index (χ3n) is 4.34. The molecule has 0 spiro atoms. The molecule has 2 heterocycles. The molecule has 152 valence electrons. The zero-order valence-corrected chi connectivity index (χ0v) is 16.3. The molecule has 0 amide bonds. The summed E-state index contributed by atoms with van der Waals surface area (Å²) in [6.07, 6.45) is -3.19. The van der Waals surface area contributed by atoms with Crippen LogP contribution in [0.4, 0.5) is 19.0 Å². The number of alkyl halides is 3. The van der Waals surface area contributed by atoms with Gasteiger partial charge in [0.15, 0.2) is 0 Å². The van der Waals surface area contributed by atoms with Gasteiger partial charge in [-0.2, -0.15) is 13.2 Å². The molecule has 1 unspecified atom stereocenters. The van der Waals surface area contributed by atoms with E-state index in [9.17, 15) is 21.6 Å². The molecule has 0 aliphatic carbocycles. The minimum atomic E-state index is -4.45. The smallest absolute Gasteiger partial charge is 0.417 e. The van der Waals surface area contributed by atoms with Gasteiger partial charge in [0.05, 0.1) is 22.6 Å². The molecular formula is C17H17ClF3N3O3S. The largest absolute Gasteiger partial charge is 0.495 e. The molecule has 28 heavy (non-hydrogen) atoms. The Hall–Kier alpha value is -2.04. The molecule has 2 aromatic rings. The van der Waals surface area contributed by atoms with Crippen LogP contribution in [0.25, 0.3) is 0 Å². The van der Waals surface area contributed by atoms with Crippen molar-refractivity contribution in [1.82, 2.24) is 9.71 Å². The average Bonchev–Trinajstić information content (AvgIpc) is 3.08. The fourth-order valence-electron chi connectivity index (χ4n) is 2.91. The van der Waals surface area contributed by atoms with Crippen molar-refractivity contribution < 1.29 is 26.3 Å². The number of anilines is 1. The highest BCUT2D eigenvalue weighted by Gasteiger charge is 2.32. The van der Waals surface area contributed by atoms with Gasteiger partial charge in [0.25, 0.3) is 0 Å². The number of hydrogen-bond acceptors (Lipinski definition) is 5. The second-order valence-electron chi connectivity index (χ2n) is 6.25. The van der Waals surface area contributed by atoms with Crippen LogP contribution in [0.5, 0.6) is 5.75 Å². The molecule has 1 saturated heterocycles. The predicted octanol–water partition coefficient (Wildman–Crippen LogP) is 3.32. The highest BCUT2D eigenvalue weighted by molar-refractivity contribution is 7.89. The molecule has 11 heteroatoms. The van der Waals surface area contributed by atoms with E-state index < -0.39 is 27.8 Å². The molecule has 1 aromatic carbocycles. The van der Waals surface area contributed by atoms with Crippen LogP contribution in [-0.2, 0) is 16.2 Å². The quantitative estimate of drug-likeness (QED) is 0.780. The van der Waals surface area contributed by atoms with Gasteiger partial charge in [-0.3, -0.25) is 0 Å². The van der Waals surface area contributed by atoms with Gasteiger partial charge in [0, 0.05) is 25.3 Å². The van der Waals surface area contributed by atoms with Crippen LogP contribution in [-0.4, -0.2) is 39.6 Å². The van der Waals surface area contributed by atoms with Gasteiger partial charge >= 0.3 is 6.18 Å². The maximum absolute atomic E-state index is 12.6. The minimum Gasteiger partial charge on any atom is -0.495 e. The lowest BCUT2D eigenvalue weighted by atomic mass is 10.3. The Labute approximate surface area is 165 Å². The van der Waals surface area contributed by atoms with Crippen molar-refractivity contribution in [3.63, 3.8) is 0 Å². The summed E-state index contributed by atoms with van der Waals surface area (Å²) in [4.78, 5) is 5.58. The number of sulfonamides is 1. The van der Waals surface area contributed by atoms with E-state index in [0.29, 0.717) is 31.1 Å². The van der Waals surface area contributed by atoms with Crippen LogP contribution < -0.4 is 14.4 Å². The van der Waals surface area contributed by atoms with E-state index in [1.807, 2.05) is 0 Å². The number of hydrogen-bond donors (Lipinski definition) is 1. The summed E-state index contributed by atoms with van der Waals surface area (Å²) in [7, 11) is -2.38. The number of benzene rings is 1. The van der Waals surface area contributed by atoms with Gasteiger partial charge in [-0.05, 0) is 36.8 Å². The summed E-state index contributed by atoms with van der Waals surface area (Å²) in [5.41, 5.74) is -0.830. The van der Waals surface area contributed by atoms with Crippen LogP contribution in [0.2, 0.25) is 5.02 Å². The van der Waals surface area contributed by atoms with E-state index in [1.165, 1.54) is 31.4 Å². The van der Waals surface area contributed by atoms with E-state index >= 15 is 0 Å². The lowest BCUT2D eigenvalue weighted by Gasteiger charge is -2.18. The molecule has 1 N–H and O–H groups in total. The summed E-state index contributed by atoms with van der Waals surface area (Å²) >= 11 is 5.99. The van der Waals surface area contributed by atoms with E-state index in [4.69, 9.17) is 16.3 Å². The topological polar surface area (TPSA) is 71.5 Å². The summed E-state index contributed by atoms with van der Waals surface area (Å²) in [6.45, 7) is 0.760. The molecule has 1 aliphatic heterocycles. The first kappa shape index (κ1) is 20.7. The Balaban J connectivity index is 1.68. The van der Waals surface area contributed by atoms with Gasteiger partial charge < -0.3 is 9.64 Å². The molecule has 1 aromatic heterocycles. The minimum absolute atomic E-state index is 0.00408. The Morgan fingerprint density at radius 2 is 2.04 bits per heavy atom. The first-order valence-electron chi connectivity index (χ1n) is 8.24. The Morgan fingerprint density at radius 3 is 2.61 bits per heavy atom. The Morgan fingerprint density at radius 1 is 1.29 bits per heavy atom. The van der Waals surface area contributed by atoms with Crippen LogP contribution in [0.1, 0.15) is 12.0 Å². The zero-order chi connectivity index (χ0) is 20.5. The highest BCUT2D eigenvalue weighted by Crippen LogP contribution is 2.30. The number of rotatable bonds is 5. The standard InChI is InChI=1S/C17H17ClF3N3O3S/c1-27-15-4-3-13(8-14(15)18)28(25,26)23-12-6-7-24(10-12)16-5-2-11(9-22-16)17(19,20)21/h2-5,8-9,12,23H,6-7,10H2,1H3. The highest BCUT2D eigenvalue weighted by atomic mass is 35.5. The fourth-order valence-corrected chi connectivity index (χ4v) is 4.52. The van der Waals surface area contributed by atoms with Crippen LogP contribution in [0.3, 0.4) is 0 Å². The molecule has 1 fully saturated rings. The Bertz CT molecular complexity index is 952. The third-order valence-corrected chi connectivity index (χ3v) is 6.16. The molecule has 0 radical (unpaired) electrons. The lowest BCUT2D eigenvalue weighted by Crippen LogP contribution is -2.37. The fraction of sp³-hybridized carbons (Fsp3) is 0.353. The van der Waals surface area contributed by atoms with Gasteiger partial charge in [0.2, 0.25) is 10.0 Å². The summed E-state index contributed by atoms with van der Waals surface area (Å²) in [5, 5.41) is 0.173. The van der Waals surface area contributed by atoms with Crippen molar-refractivity contribution in [2.24, 2.45) is 0 Å². The third kappa shape index (κ3) is 4.50. The molecule has 1 aliphatic rings. The number of nitrogens with zero attached hydrogens (tertiary/aromatic N) is 2. The first-order chi connectivity index (χ1) is 13.1. The van der Waals surface area contributed by atoms with Gasteiger partial charge in [0.1, 0.15) is 11.6 Å². The van der Waals surface area contributed by atoms with Crippen molar-refractivity contribution in [2.75, 3.05) is 25.1 Å². The van der Waals surface area contributed by atoms with Crippen molar-refractivity contribution in [2.45, 2.75) is 23.5 Å². The van der Waals surface area contributed by atoms with Crippen molar-refractivity contribution >= 4 is 27.4 Å². The maximum atomic E-state index is 12.6. The normalized spacial score (nSPS) is 17.8. The van der Waals surface area contributed by atoms with Crippen molar-refractivity contribution in [1.29, 1.82) is 0 Å². The molecule has 0 bridgehead atoms. The predicted molar refractivity (Wildman–Crippen MR) is 98.2 cm³/mol. The number of halogens is 4. The second-order valence-corrected chi connectivity index (χ2v) is 8.37. The molecule has 6 nitrogen and oxygen atoms in total. The summed E-state index contributed by atoms with van der Waals surface area (Å²) in [5.74, 6) is 0.725. The average molecular weight is 436 g/mol. The van der Waals surface area contributed by atoms with E-state index in [0.717, 1.165) is 12.3 Å². The monoisotopic (exact) mass is 435 g/mol. The Kier molecular flexibility index (Phi) is 5.74. The zero-order valence-electron chi connectivity index (χ0n) is 14.7. The van der Waals surface area contributed by atoms with Crippen LogP contribution >= 0.6 is 11.6 Å². The molecule has 0 saturated carbocycles. The van der Waals surface area contributed by atoms with Gasteiger partial charge in [-0.25, -0.2) is 18.1 Å². The van der Waals surface area contributed by atoms with E-state index in [-0.39, 0.29) is 9.92 Å². The molecule has 3 rings (SSSR count). The number of nitrogens with one attached hydrogen (secondary N) is 1. The number of ether oxygens (including phenoxy) is 1. The van der Waals surface area contributed by atoms with E-state index in [1.54, 1.807) is 4.90 Å². The SMILES string of the molecule is COc1ccc(S(=O)(=O)NC2CCN(c3ccc(C(F)(F)F)cn3)C2)cc1Cl. The lowest BCUT2D eigenvalue weighted by molar-refractivity contribution is -0.137. The maximum Gasteiger partial charge on any atom is 0.417 e. The first-order valence-corrected chi connectivity index (χ1v) is 10.1. The number of aromatic nitrogens is 1. The molecular weight excluding hydrogens is 419 g/mol. The van der Waals surface area contributed by atoms with Crippen molar-refractivity contribution in [3.05, 3.63) is 47.1 Å². The number of methoxy groups -OCH3 is 1. The van der Waals surface area contributed by atoms with E-state index in [2.05, 4.69) is 9.71 Å². The van der Waals surface area contributed by atoms with Crippen LogP contribution in [0, 0.1) is 0 Å². The van der Waals surface area contributed by atoms with Crippen LogP contribution in [0.15, 0.2) is 41.4 Å². The van der Waals surface area contributed by atoms with Gasteiger partial charge in [-0.1, -0.05) is 11.6 Å². The number of pyridine rings is 1. The van der Waals surface area contributed by atoms with Gasteiger partial charge in [-0.15, -0.1) is 0 Å². The second kappa shape index (κ2) is 7.76. The summed E-state index contributed by atoms with van der Waals surface area (Å²) < 4.78 is 70.6. The summed E-state index contributed by atoms with van der Waals surface area (Å²) in [6, 6.07) is 5.98.